The summed E-state index contributed by atoms with van der Waals surface area (Å²) in [5, 5.41) is 2.67. The molecule has 0 fully saturated rings. The van der Waals surface area contributed by atoms with Crippen LogP contribution >= 0.6 is 0 Å². The number of hydrogen-bond donors (Lipinski definition) is 2. The van der Waals surface area contributed by atoms with Gasteiger partial charge in [0.05, 0.1) is 12.2 Å². The summed E-state index contributed by atoms with van der Waals surface area (Å²) >= 11 is 0. The molecule has 0 radical (unpaired) electrons. The van der Waals surface area contributed by atoms with Crippen molar-refractivity contribution in [1.29, 1.82) is 0 Å². The van der Waals surface area contributed by atoms with E-state index in [1.165, 1.54) is 0 Å². The molecule has 0 unspecified atom stereocenters. The zero-order chi connectivity index (χ0) is 16.0. The summed E-state index contributed by atoms with van der Waals surface area (Å²) in [6.45, 7) is 11.4. The van der Waals surface area contributed by atoms with Crippen LogP contribution in [0.2, 0.25) is 0 Å². The fourth-order valence-electron chi connectivity index (χ4n) is 1.67. The molecule has 1 heterocycles. The molecule has 114 valence electrons. The van der Waals surface area contributed by atoms with Gasteiger partial charge >= 0.3 is 6.09 Å². The van der Waals surface area contributed by atoms with Crippen LogP contribution in [-0.2, 0) is 11.3 Å². The van der Waals surface area contributed by atoms with Gasteiger partial charge in [-0.2, -0.15) is 0 Å². The summed E-state index contributed by atoms with van der Waals surface area (Å²) in [7, 11) is 0. The number of aromatic nitrogens is 2. The van der Waals surface area contributed by atoms with Gasteiger partial charge in [0.2, 0.25) is 0 Å². The van der Waals surface area contributed by atoms with E-state index in [1.807, 2.05) is 40.7 Å². The number of aryl methyl sites for hydroxylation is 1. The quantitative estimate of drug-likeness (QED) is 0.840. The molecule has 5 heteroatoms. The molecule has 0 saturated heterocycles. The van der Waals surface area contributed by atoms with Gasteiger partial charge in [0.1, 0.15) is 11.4 Å². The lowest BCUT2D eigenvalue weighted by Gasteiger charge is -2.19. The molecule has 21 heavy (non-hydrogen) atoms. The van der Waals surface area contributed by atoms with Crippen molar-refractivity contribution in [2.24, 2.45) is 0 Å². The predicted molar refractivity (Wildman–Crippen MR) is 83.5 cm³/mol. The molecule has 0 bridgehead atoms. The molecular formula is C16H23N3O2. The lowest BCUT2D eigenvalue weighted by atomic mass is 10.2. The Bertz CT molecular complexity index is 595. The van der Waals surface area contributed by atoms with Gasteiger partial charge in [0, 0.05) is 11.3 Å². The van der Waals surface area contributed by atoms with E-state index >= 15 is 0 Å². The Labute approximate surface area is 126 Å². The van der Waals surface area contributed by atoms with Crippen molar-refractivity contribution in [3.8, 4) is 11.8 Å². The van der Waals surface area contributed by atoms with E-state index in [1.54, 1.807) is 6.92 Å². The average Bonchev–Trinajstić information content (AvgIpc) is 2.66. The standard InChI is InChI=1S/C16H23N3O2/c1-7-8-11(2)9-13-12(3)18-14(19-13)10-17-15(20)21-16(4,5)6/h9H,10H2,1-6H3,(H,17,20)(H,18,19)/b11-9+. The number of hydrogen-bond acceptors (Lipinski definition) is 3. The van der Waals surface area contributed by atoms with Gasteiger partial charge in [-0.25, -0.2) is 9.78 Å². The first-order valence-electron chi connectivity index (χ1n) is 6.84. The van der Waals surface area contributed by atoms with Gasteiger partial charge in [0.15, 0.2) is 0 Å². The summed E-state index contributed by atoms with van der Waals surface area (Å²) in [5.74, 6) is 6.50. The molecule has 1 amide bonds. The summed E-state index contributed by atoms with van der Waals surface area (Å²) in [4.78, 5) is 19.1. The number of H-pyrrole nitrogens is 1. The zero-order valence-corrected chi connectivity index (χ0v) is 13.5. The summed E-state index contributed by atoms with van der Waals surface area (Å²) in [5.41, 5.74) is 2.20. The van der Waals surface area contributed by atoms with Crippen LogP contribution in [0, 0.1) is 18.8 Å². The Morgan fingerprint density at radius 1 is 1.48 bits per heavy atom. The second-order valence-electron chi connectivity index (χ2n) is 5.75. The number of carbonyl (C=O) groups is 1. The first kappa shape index (κ1) is 16.8. The van der Waals surface area contributed by atoms with Crippen LogP contribution in [0.3, 0.4) is 0 Å². The molecule has 0 aliphatic heterocycles. The van der Waals surface area contributed by atoms with Crippen molar-refractivity contribution in [3.63, 3.8) is 0 Å². The predicted octanol–water partition coefficient (Wildman–Crippen LogP) is 3.17. The zero-order valence-electron chi connectivity index (χ0n) is 13.5. The van der Waals surface area contributed by atoms with Crippen molar-refractivity contribution in [1.82, 2.24) is 15.3 Å². The highest BCUT2D eigenvalue weighted by Crippen LogP contribution is 2.10. The van der Waals surface area contributed by atoms with Crippen LogP contribution in [0.15, 0.2) is 5.57 Å². The van der Waals surface area contributed by atoms with Crippen molar-refractivity contribution >= 4 is 12.2 Å². The number of allylic oxidation sites excluding steroid dienone is 1. The summed E-state index contributed by atoms with van der Waals surface area (Å²) in [6.07, 6.45) is 1.46. The Balaban J connectivity index is 2.68. The lowest BCUT2D eigenvalue weighted by molar-refractivity contribution is 0.0522. The van der Waals surface area contributed by atoms with E-state index in [9.17, 15) is 4.79 Å². The first-order chi connectivity index (χ1) is 9.71. The molecule has 0 aliphatic carbocycles. The molecule has 5 nitrogen and oxygen atoms in total. The molecule has 0 aliphatic rings. The normalized spacial score (nSPS) is 11.6. The second-order valence-corrected chi connectivity index (χ2v) is 5.75. The minimum Gasteiger partial charge on any atom is -0.444 e. The van der Waals surface area contributed by atoms with Gasteiger partial charge < -0.3 is 15.0 Å². The van der Waals surface area contributed by atoms with Crippen molar-refractivity contribution in [2.45, 2.75) is 53.7 Å². The Morgan fingerprint density at radius 2 is 2.14 bits per heavy atom. The van der Waals surface area contributed by atoms with E-state index in [0.29, 0.717) is 12.4 Å². The third-order valence-corrected chi connectivity index (χ3v) is 2.45. The van der Waals surface area contributed by atoms with Crippen molar-refractivity contribution < 1.29 is 9.53 Å². The highest BCUT2D eigenvalue weighted by atomic mass is 16.6. The SMILES string of the molecule is CC#C/C(C)=C/c1nc(CNC(=O)OC(C)(C)C)[nH]c1C. The average molecular weight is 289 g/mol. The monoisotopic (exact) mass is 289 g/mol. The molecule has 1 rings (SSSR count). The molecule has 1 aromatic rings. The largest absolute Gasteiger partial charge is 0.444 e. The highest BCUT2D eigenvalue weighted by Gasteiger charge is 2.16. The Hall–Kier alpha value is -2.22. The van der Waals surface area contributed by atoms with Gasteiger partial charge in [0.25, 0.3) is 0 Å². The Kier molecular flexibility index (Phi) is 5.60. The number of rotatable bonds is 3. The number of imidazole rings is 1. The fourth-order valence-corrected chi connectivity index (χ4v) is 1.67. The van der Waals surface area contributed by atoms with Gasteiger partial charge in [-0.15, -0.1) is 5.92 Å². The van der Waals surface area contributed by atoms with Crippen LogP contribution < -0.4 is 5.32 Å². The van der Waals surface area contributed by atoms with Crippen LogP contribution in [0.1, 0.15) is 51.8 Å². The number of nitrogens with zero attached hydrogens (tertiary/aromatic N) is 1. The fraction of sp³-hybridized carbons (Fsp3) is 0.500. The number of nitrogens with one attached hydrogen (secondary N) is 2. The number of ether oxygens (including phenoxy) is 1. The van der Waals surface area contributed by atoms with Crippen LogP contribution in [-0.4, -0.2) is 21.7 Å². The topological polar surface area (TPSA) is 67.0 Å². The maximum atomic E-state index is 11.6. The maximum absolute atomic E-state index is 11.6. The minimum absolute atomic E-state index is 0.294. The minimum atomic E-state index is -0.507. The molecule has 0 aromatic carbocycles. The van der Waals surface area contributed by atoms with Gasteiger partial charge in [-0.3, -0.25) is 0 Å². The third-order valence-electron chi connectivity index (χ3n) is 2.45. The third kappa shape index (κ3) is 6.17. The van der Waals surface area contributed by atoms with Crippen LogP contribution in [0.4, 0.5) is 4.79 Å². The van der Waals surface area contributed by atoms with E-state index in [-0.39, 0.29) is 0 Å². The van der Waals surface area contributed by atoms with Crippen LogP contribution in [0.5, 0.6) is 0 Å². The number of alkyl carbamates (subject to hydrolysis) is 1. The lowest BCUT2D eigenvalue weighted by Crippen LogP contribution is -2.32. The van der Waals surface area contributed by atoms with E-state index < -0.39 is 11.7 Å². The van der Waals surface area contributed by atoms with Gasteiger partial charge in [-0.1, -0.05) is 5.92 Å². The molecule has 0 atom stereocenters. The molecule has 0 spiro atoms. The highest BCUT2D eigenvalue weighted by molar-refractivity contribution is 5.67. The summed E-state index contributed by atoms with van der Waals surface area (Å²) in [6, 6.07) is 0. The number of carbonyl (C=O) groups excluding carboxylic acids is 1. The molecule has 0 saturated carbocycles. The molecule has 2 N–H and O–H groups in total. The number of amides is 1. The molecular weight excluding hydrogens is 266 g/mol. The number of aromatic amines is 1. The maximum Gasteiger partial charge on any atom is 0.408 e. The van der Waals surface area contributed by atoms with Crippen molar-refractivity contribution in [3.05, 3.63) is 22.8 Å². The first-order valence-corrected chi connectivity index (χ1v) is 6.84. The van der Waals surface area contributed by atoms with E-state index in [0.717, 1.165) is 17.0 Å². The van der Waals surface area contributed by atoms with Crippen molar-refractivity contribution in [2.75, 3.05) is 0 Å². The van der Waals surface area contributed by atoms with Gasteiger partial charge in [-0.05, 0) is 47.6 Å². The van der Waals surface area contributed by atoms with E-state index in [2.05, 4.69) is 27.1 Å². The smallest absolute Gasteiger partial charge is 0.408 e. The van der Waals surface area contributed by atoms with Crippen LogP contribution in [0.25, 0.3) is 6.08 Å². The Morgan fingerprint density at radius 3 is 2.71 bits per heavy atom. The van der Waals surface area contributed by atoms with E-state index in [4.69, 9.17) is 4.74 Å². The summed E-state index contributed by atoms with van der Waals surface area (Å²) < 4.78 is 5.17. The molecule has 1 aromatic heterocycles. The second kappa shape index (κ2) is 6.98.